The molecule has 1 atom stereocenters. The van der Waals surface area contributed by atoms with Crippen molar-refractivity contribution in [2.45, 2.75) is 18.9 Å². The van der Waals surface area contributed by atoms with Gasteiger partial charge in [-0.3, -0.25) is 4.79 Å². The van der Waals surface area contributed by atoms with Crippen LogP contribution in [0.2, 0.25) is 0 Å². The Kier molecular flexibility index (Phi) is 4.24. The SMILES string of the molecule is CSCC[C@H](N)C(=O)N1CCc2ccc(F)cc21. The number of nitrogens with two attached hydrogens (primary N) is 1. The molecule has 0 fully saturated rings. The van der Waals surface area contributed by atoms with E-state index in [0.29, 0.717) is 18.7 Å². The Bertz CT molecular complexity index is 453. The number of rotatable bonds is 4. The topological polar surface area (TPSA) is 46.3 Å². The van der Waals surface area contributed by atoms with Crippen LogP contribution in [0.25, 0.3) is 0 Å². The number of nitrogens with zero attached hydrogens (tertiary/aromatic N) is 1. The standard InChI is InChI=1S/C13H17FN2OS/c1-18-7-5-11(15)13(17)16-6-4-9-2-3-10(14)8-12(9)16/h2-3,8,11H,4-7,15H2,1H3/t11-/m0/s1. The summed E-state index contributed by atoms with van der Waals surface area (Å²) in [6.45, 7) is 0.602. The number of anilines is 1. The monoisotopic (exact) mass is 268 g/mol. The van der Waals surface area contributed by atoms with Gasteiger partial charge in [0.15, 0.2) is 0 Å². The molecule has 0 aliphatic carbocycles. The summed E-state index contributed by atoms with van der Waals surface area (Å²) in [4.78, 5) is 13.8. The van der Waals surface area contributed by atoms with E-state index >= 15 is 0 Å². The number of benzene rings is 1. The Morgan fingerprint density at radius 2 is 2.39 bits per heavy atom. The quantitative estimate of drug-likeness (QED) is 0.905. The van der Waals surface area contributed by atoms with Gasteiger partial charge < -0.3 is 10.6 Å². The van der Waals surface area contributed by atoms with Gasteiger partial charge in [0.2, 0.25) is 5.91 Å². The second kappa shape index (κ2) is 5.71. The fourth-order valence-corrected chi connectivity index (χ4v) is 2.64. The van der Waals surface area contributed by atoms with Gasteiger partial charge in [0.05, 0.1) is 6.04 Å². The first-order valence-electron chi connectivity index (χ1n) is 5.98. The first kappa shape index (κ1) is 13.4. The summed E-state index contributed by atoms with van der Waals surface area (Å²) in [6, 6.07) is 4.10. The smallest absolute Gasteiger partial charge is 0.243 e. The van der Waals surface area contributed by atoms with Crippen LogP contribution < -0.4 is 10.6 Å². The predicted octanol–water partition coefficient (Wildman–Crippen LogP) is 1.80. The van der Waals surface area contributed by atoms with Gasteiger partial charge in [0.25, 0.3) is 0 Å². The highest BCUT2D eigenvalue weighted by molar-refractivity contribution is 7.98. The summed E-state index contributed by atoms with van der Waals surface area (Å²) in [5.41, 5.74) is 7.58. The molecule has 0 spiro atoms. The zero-order valence-corrected chi connectivity index (χ0v) is 11.2. The van der Waals surface area contributed by atoms with Gasteiger partial charge in [-0.2, -0.15) is 11.8 Å². The molecule has 1 aliphatic rings. The largest absolute Gasteiger partial charge is 0.320 e. The minimum atomic E-state index is -0.494. The third kappa shape index (κ3) is 2.67. The maximum Gasteiger partial charge on any atom is 0.243 e. The van der Waals surface area contributed by atoms with Crippen molar-refractivity contribution in [3.05, 3.63) is 29.6 Å². The number of halogens is 1. The lowest BCUT2D eigenvalue weighted by atomic mass is 10.1. The molecule has 1 amide bonds. The molecule has 0 saturated heterocycles. The summed E-state index contributed by atoms with van der Waals surface area (Å²) in [7, 11) is 0. The Labute approximate surface area is 111 Å². The number of hydrogen-bond acceptors (Lipinski definition) is 3. The molecule has 5 heteroatoms. The second-order valence-corrected chi connectivity index (χ2v) is 5.39. The number of carbonyl (C=O) groups is 1. The third-order valence-corrected chi connectivity index (χ3v) is 3.80. The average molecular weight is 268 g/mol. The maximum atomic E-state index is 13.2. The highest BCUT2D eigenvalue weighted by Crippen LogP contribution is 2.29. The van der Waals surface area contributed by atoms with Gasteiger partial charge in [-0.05, 0) is 42.5 Å². The zero-order valence-electron chi connectivity index (χ0n) is 10.4. The van der Waals surface area contributed by atoms with E-state index in [2.05, 4.69) is 0 Å². The first-order chi connectivity index (χ1) is 8.63. The van der Waals surface area contributed by atoms with Crippen molar-refractivity contribution in [2.24, 2.45) is 5.73 Å². The van der Waals surface area contributed by atoms with Crippen molar-refractivity contribution >= 4 is 23.4 Å². The molecule has 1 aromatic carbocycles. The maximum absolute atomic E-state index is 13.2. The summed E-state index contributed by atoms with van der Waals surface area (Å²) >= 11 is 1.67. The number of fused-ring (bicyclic) bond motifs is 1. The number of carbonyl (C=O) groups excluding carboxylic acids is 1. The summed E-state index contributed by atoms with van der Waals surface area (Å²) in [5, 5.41) is 0. The van der Waals surface area contributed by atoms with Crippen LogP contribution in [0, 0.1) is 5.82 Å². The third-order valence-electron chi connectivity index (χ3n) is 3.16. The molecule has 0 saturated carbocycles. The molecule has 0 aromatic heterocycles. The summed E-state index contributed by atoms with van der Waals surface area (Å²) in [5.74, 6) is 0.441. The minimum absolute atomic E-state index is 0.103. The van der Waals surface area contributed by atoms with Gasteiger partial charge in [-0.1, -0.05) is 6.07 Å². The molecule has 1 aromatic rings. The molecule has 1 heterocycles. The Morgan fingerprint density at radius 3 is 3.11 bits per heavy atom. The molecular weight excluding hydrogens is 251 g/mol. The van der Waals surface area contributed by atoms with Crippen LogP contribution in [0.1, 0.15) is 12.0 Å². The Morgan fingerprint density at radius 1 is 1.61 bits per heavy atom. The summed E-state index contributed by atoms with van der Waals surface area (Å²) in [6.07, 6.45) is 3.41. The Hall–Kier alpha value is -1.07. The molecule has 18 heavy (non-hydrogen) atoms. The molecule has 98 valence electrons. The molecule has 1 aliphatic heterocycles. The van der Waals surface area contributed by atoms with Crippen molar-refractivity contribution in [3.63, 3.8) is 0 Å². The van der Waals surface area contributed by atoms with Crippen LogP contribution in [-0.4, -0.2) is 30.5 Å². The lowest BCUT2D eigenvalue weighted by Gasteiger charge is -2.21. The van der Waals surface area contributed by atoms with Gasteiger partial charge in [0.1, 0.15) is 5.82 Å². The van der Waals surface area contributed by atoms with E-state index in [1.807, 2.05) is 6.26 Å². The van der Waals surface area contributed by atoms with E-state index in [4.69, 9.17) is 5.73 Å². The van der Waals surface area contributed by atoms with E-state index in [-0.39, 0.29) is 11.7 Å². The van der Waals surface area contributed by atoms with Crippen LogP contribution in [-0.2, 0) is 11.2 Å². The number of hydrogen-bond donors (Lipinski definition) is 1. The van der Waals surface area contributed by atoms with Gasteiger partial charge in [-0.15, -0.1) is 0 Å². The highest BCUT2D eigenvalue weighted by Gasteiger charge is 2.28. The zero-order chi connectivity index (χ0) is 13.1. The lowest BCUT2D eigenvalue weighted by molar-refractivity contribution is -0.119. The fourth-order valence-electron chi connectivity index (χ4n) is 2.15. The van der Waals surface area contributed by atoms with Gasteiger partial charge in [0, 0.05) is 12.2 Å². The van der Waals surface area contributed by atoms with Gasteiger partial charge in [-0.25, -0.2) is 4.39 Å². The Balaban J connectivity index is 2.12. The number of amides is 1. The molecule has 0 radical (unpaired) electrons. The lowest BCUT2D eigenvalue weighted by Crippen LogP contribution is -2.43. The van der Waals surface area contributed by atoms with Crippen LogP contribution in [0.15, 0.2) is 18.2 Å². The van der Waals surface area contributed by atoms with Crippen molar-refractivity contribution in [2.75, 3.05) is 23.5 Å². The van der Waals surface area contributed by atoms with Crippen LogP contribution in [0.4, 0.5) is 10.1 Å². The van der Waals surface area contributed by atoms with Crippen molar-refractivity contribution in [1.82, 2.24) is 0 Å². The van der Waals surface area contributed by atoms with Crippen molar-refractivity contribution < 1.29 is 9.18 Å². The molecule has 2 rings (SSSR count). The minimum Gasteiger partial charge on any atom is -0.320 e. The van der Waals surface area contributed by atoms with Crippen LogP contribution >= 0.6 is 11.8 Å². The predicted molar refractivity (Wildman–Crippen MR) is 73.4 cm³/mol. The van der Waals surface area contributed by atoms with Crippen molar-refractivity contribution in [1.29, 1.82) is 0 Å². The molecule has 3 nitrogen and oxygen atoms in total. The van der Waals surface area contributed by atoms with E-state index in [1.54, 1.807) is 22.7 Å². The van der Waals surface area contributed by atoms with E-state index in [1.165, 1.54) is 12.1 Å². The van der Waals surface area contributed by atoms with E-state index in [9.17, 15) is 9.18 Å². The second-order valence-electron chi connectivity index (χ2n) is 4.40. The summed E-state index contributed by atoms with van der Waals surface area (Å²) < 4.78 is 13.2. The van der Waals surface area contributed by atoms with Crippen LogP contribution in [0.5, 0.6) is 0 Å². The molecular formula is C13H17FN2OS. The highest BCUT2D eigenvalue weighted by atomic mass is 32.2. The van der Waals surface area contributed by atoms with Gasteiger partial charge >= 0.3 is 0 Å². The molecule has 2 N–H and O–H groups in total. The van der Waals surface area contributed by atoms with Crippen molar-refractivity contribution in [3.8, 4) is 0 Å². The first-order valence-corrected chi connectivity index (χ1v) is 7.37. The molecule has 0 unspecified atom stereocenters. The van der Waals surface area contributed by atoms with Crippen LogP contribution in [0.3, 0.4) is 0 Å². The van der Waals surface area contributed by atoms with E-state index < -0.39 is 6.04 Å². The average Bonchev–Trinajstić information content (AvgIpc) is 2.77. The fraction of sp³-hybridized carbons (Fsp3) is 0.462. The number of thioether (sulfide) groups is 1. The van der Waals surface area contributed by atoms with E-state index in [0.717, 1.165) is 17.7 Å². The normalized spacial score (nSPS) is 15.6. The molecule has 0 bridgehead atoms.